The van der Waals surface area contributed by atoms with E-state index in [0.29, 0.717) is 6.42 Å². The molecule has 484 valence electrons. The second kappa shape index (κ2) is 68.6. The van der Waals surface area contributed by atoms with Gasteiger partial charge in [0.05, 0.1) is 13.2 Å². The normalized spacial score (nSPS) is 13.3. The third-order valence-corrected chi connectivity index (χ3v) is 16.6. The number of hydrogen-bond donors (Lipinski definition) is 2. The number of phosphoric acid groups is 1. The summed E-state index contributed by atoms with van der Waals surface area (Å²) in [6.07, 6.45) is 90.1. The van der Waals surface area contributed by atoms with Gasteiger partial charge in [0.2, 0.25) is 0 Å². The molecular weight excluding hydrogens is 1050 g/mol. The molecule has 0 heterocycles. The molecule has 0 aliphatic heterocycles. The molecule has 2 atom stereocenters. The van der Waals surface area contributed by atoms with E-state index in [1.54, 1.807) is 0 Å². The van der Waals surface area contributed by atoms with E-state index in [9.17, 15) is 19.0 Å². The first-order valence-electron chi connectivity index (χ1n) is 35.4. The molecule has 10 heteroatoms. The van der Waals surface area contributed by atoms with Crippen LogP contribution in [0.2, 0.25) is 0 Å². The van der Waals surface area contributed by atoms with Crippen LogP contribution in [0.1, 0.15) is 348 Å². The van der Waals surface area contributed by atoms with Crippen molar-refractivity contribution in [1.82, 2.24) is 0 Å². The average Bonchev–Trinajstić information content (AvgIpc) is 3.49. The van der Waals surface area contributed by atoms with Gasteiger partial charge in [-0.05, 0) is 83.5 Å². The van der Waals surface area contributed by atoms with E-state index in [1.807, 2.05) is 0 Å². The maximum atomic E-state index is 12.8. The third-order valence-electron chi connectivity index (χ3n) is 15.6. The van der Waals surface area contributed by atoms with E-state index < -0.39 is 26.5 Å². The minimum absolute atomic E-state index is 0.0533. The molecule has 0 aliphatic carbocycles. The van der Waals surface area contributed by atoms with E-state index >= 15 is 0 Å². The van der Waals surface area contributed by atoms with Gasteiger partial charge < -0.3 is 20.1 Å². The van der Waals surface area contributed by atoms with Gasteiger partial charge in [-0.3, -0.25) is 18.6 Å². The Hall–Kier alpha value is -2.55. The Kier molecular flexibility index (Phi) is 66.5. The fourth-order valence-corrected chi connectivity index (χ4v) is 11.1. The molecule has 0 aromatic rings. The van der Waals surface area contributed by atoms with Gasteiger partial charge in [-0.25, -0.2) is 4.57 Å². The van der Waals surface area contributed by atoms with Gasteiger partial charge in [-0.15, -0.1) is 0 Å². The molecule has 0 aliphatic rings. The number of nitrogens with two attached hydrogens (primary N) is 1. The molecule has 0 saturated carbocycles. The zero-order valence-electron chi connectivity index (χ0n) is 54.4. The summed E-state index contributed by atoms with van der Waals surface area (Å²) in [5.41, 5.74) is 5.40. The van der Waals surface area contributed by atoms with Gasteiger partial charge in [0, 0.05) is 19.4 Å². The van der Waals surface area contributed by atoms with Crippen molar-refractivity contribution >= 4 is 19.8 Å². The summed E-state index contributed by atoms with van der Waals surface area (Å²) in [6.45, 7) is 3.66. The molecule has 83 heavy (non-hydrogen) atoms. The van der Waals surface area contributed by atoms with Crippen molar-refractivity contribution in [3.05, 3.63) is 72.9 Å². The number of phosphoric ester groups is 1. The zero-order chi connectivity index (χ0) is 60.1. The minimum atomic E-state index is -4.39. The molecule has 0 amide bonds. The molecule has 9 nitrogen and oxygen atoms in total. The molecule has 0 bridgehead atoms. The Morgan fingerprint density at radius 2 is 0.663 bits per heavy atom. The fourth-order valence-electron chi connectivity index (χ4n) is 10.4. The second-order valence-electron chi connectivity index (χ2n) is 23.7. The first kappa shape index (κ1) is 80.5. The van der Waals surface area contributed by atoms with E-state index in [-0.39, 0.29) is 38.6 Å². The van der Waals surface area contributed by atoms with Crippen molar-refractivity contribution in [3.63, 3.8) is 0 Å². The van der Waals surface area contributed by atoms with E-state index in [1.165, 1.54) is 250 Å². The zero-order valence-corrected chi connectivity index (χ0v) is 55.3. The smallest absolute Gasteiger partial charge is 0.462 e. The number of rotatable bonds is 67. The first-order chi connectivity index (χ1) is 40.8. The van der Waals surface area contributed by atoms with Crippen molar-refractivity contribution in [1.29, 1.82) is 0 Å². The summed E-state index contributed by atoms with van der Waals surface area (Å²) in [7, 11) is -4.39. The maximum Gasteiger partial charge on any atom is 0.472 e. The monoisotopic (exact) mass is 1180 g/mol. The maximum absolute atomic E-state index is 12.8. The van der Waals surface area contributed by atoms with Gasteiger partial charge in [0.15, 0.2) is 6.10 Å². The van der Waals surface area contributed by atoms with E-state index in [4.69, 9.17) is 24.3 Å². The van der Waals surface area contributed by atoms with Crippen molar-refractivity contribution in [2.24, 2.45) is 5.73 Å². The van der Waals surface area contributed by atoms with E-state index in [0.717, 1.165) is 64.2 Å². The van der Waals surface area contributed by atoms with Gasteiger partial charge >= 0.3 is 19.8 Å². The lowest BCUT2D eigenvalue weighted by Crippen LogP contribution is -2.29. The van der Waals surface area contributed by atoms with Crippen LogP contribution in [0.4, 0.5) is 0 Å². The molecule has 2 unspecified atom stereocenters. The minimum Gasteiger partial charge on any atom is -0.462 e. The predicted molar refractivity (Wildman–Crippen MR) is 358 cm³/mol. The first-order valence-corrected chi connectivity index (χ1v) is 36.9. The lowest BCUT2D eigenvalue weighted by atomic mass is 10.0. The summed E-state index contributed by atoms with van der Waals surface area (Å²) in [6, 6.07) is 0. The Labute approximate surface area is 513 Å². The number of unbranched alkanes of at least 4 members (excludes halogenated alkanes) is 42. The van der Waals surface area contributed by atoms with Crippen LogP contribution in [0, 0.1) is 0 Å². The summed E-state index contributed by atoms with van der Waals surface area (Å²) >= 11 is 0. The van der Waals surface area contributed by atoms with Crippen LogP contribution >= 0.6 is 7.82 Å². The van der Waals surface area contributed by atoms with Crippen LogP contribution < -0.4 is 5.73 Å². The number of carbonyl (C=O) groups excluding carboxylic acids is 2. The molecule has 3 N–H and O–H groups in total. The molecule has 0 spiro atoms. The largest absolute Gasteiger partial charge is 0.472 e. The highest BCUT2D eigenvalue weighted by atomic mass is 31.2. The topological polar surface area (TPSA) is 134 Å². The van der Waals surface area contributed by atoms with Crippen LogP contribution in [-0.2, 0) is 32.7 Å². The number of carbonyl (C=O) groups is 2. The number of esters is 2. The Bertz CT molecular complexity index is 1590. The average molecular weight is 1180 g/mol. The van der Waals surface area contributed by atoms with Crippen LogP contribution in [0.3, 0.4) is 0 Å². The van der Waals surface area contributed by atoms with Crippen LogP contribution in [0.25, 0.3) is 0 Å². The van der Waals surface area contributed by atoms with Crippen LogP contribution in [0.15, 0.2) is 72.9 Å². The molecule has 0 aromatic carbocycles. The summed E-state index contributed by atoms with van der Waals surface area (Å²) in [5, 5.41) is 0. The molecule has 0 saturated heterocycles. The number of ether oxygens (including phenoxy) is 2. The fraction of sp³-hybridized carbons (Fsp3) is 0.808. The molecule has 0 radical (unpaired) electrons. The van der Waals surface area contributed by atoms with Gasteiger partial charge in [-0.1, -0.05) is 324 Å². The Morgan fingerprint density at radius 3 is 0.988 bits per heavy atom. The molecule has 0 rings (SSSR count). The number of allylic oxidation sites excluding steroid dienone is 12. The second-order valence-corrected chi connectivity index (χ2v) is 25.2. The molecular formula is C73H134NO8P. The summed E-state index contributed by atoms with van der Waals surface area (Å²) in [5.74, 6) is -0.817. The lowest BCUT2D eigenvalue weighted by Gasteiger charge is -2.19. The lowest BCUT2D eigenvalue weighted by molar-refractivity contribution is -0.161. The molecule has 0 fully saturated rings. The highest BCUT2D eigenvalue weighted by Crippen LogP contribution is 2.43. The van der Waals surface area contributed by atoms with Crippen LogP contribution in [0.5, 0.6) is 0 Å². The van der Waals surface area contributed by atoms with Crippen molar-refractivity contribution < 1.29 is 37.6 Å². The SMILES string of the molecule is CC/C=C\C/C=C\C/C=C\C/C=C\CCCCCCCCCCCCCCCCCCCCCCCCCCCCCCC(=O)OC(COC(=O)CCCCCCCCCCC/C=C\C/C=C\CCCCCCC)COP(=O)(O)OCCN. The quantitative estimate of drug-likeness (QED) is 0.0264. The highest BCUT2D eigenvalue weighted by Gasteiger charge is 2.26. The van der Waals surface area contributed by atoms with Gasteiger partial charge in [-0.2, -0.15) is 0 Å². The van der Waals surface area contributed by atoms with E-state index in [2.05, 4.69) is 86.8 Å². The van der Waals surface area contributed by atoms with Crippen molar-refractivity contribution in [2.45, 2.75) is 354 Å². The van der Waals surface area contributed by atoms with Gasteiger partial charge in [0.25, 0.3) is 0 Å². The molecule has 0 aromatic heterocycles. The third kappa shape index (κ3) is 68.4. The van der Waals surface area contributed by atoms with Crippen LogP contribution in [-0.4, -0.2) is 49.3 Å². The van der Waals surface area contributed by atoms with Crippen molar-refractivity contribution in [2.75, 3.05) is 26.4 Å². The number of hydrogen-bond acceptors (Lipinski definition) is 8. The van der Waals surface area contributed by atoms with Gasteiger partial charge in [0.1, 0.15) is 6.61 Å². The Balaban J connectivity index is 3.76. The van der Waals surface area contributed by atoms with Crippen molar-refractivity contribution in [3.8, 4) is 0 Å². The predicted octanol–water partition coefficient (Wildman–Crippen LogP) is 23.2. The highest BCUT2D eigenvalue weighted by molar-refractivity contribution is 7.47. The standard InChI is InChI=1S/C73H134NO8P/c1-3-5-7-9-11-13-15-17-19-21-23-25-26-27-28-29-30-31-32-33-34-35-36-37-38-39-40-41-42-43-44-46-48-50-52-54-56-58-60-62-64-66-73(76)82-71(70-81-83(77,78)80-68-67-74)69-79-72(75)65-63-61-59-57-55-53-51-49-47-45-24-22-20-18-16-14-12-10-8-6-4-2/h5,7,11,13,16-19,22-25,71H,3-4,6,8-10,12,14-15,20-21,26-70,74H2,1-2H3,(H,77,78)/b7-5-,13-11-,18-16-,19-17-,24-22-,25-23-. The summed E-state index contributed by atoms with van der Waals surface area (Å²) < 4.78 is 33.2. The summed E-state index contributed by atoms with van der Waals surface area (Å²) in [4.78, 5) is 35.3. The Morgan fingerprint density at radius 1 is 0.373 bits per heavy atom.